The summed E-state index contributed by atoms with van der Waals surface area (Å²) in [6.45, 7) is 5.83. The first-order valence-electron chi connectivity index (χ1n) is 6.29. The normalized spacial score (nSPS) is 16.9. The number of benzene rings is 1. The summed E-state index contributed by atoms with van der Waals surface area (Å²) in [5, 5.41) is 4.17. The molecule has 1 aromatic rings. The highest BCUT2D eigenvalue weighted by Gasteiger charge is 2.27. The molecule has 1 aromatic carbocycles. The molecular formula is C14H20ClNO. The Balaban J connectivity index is 1.71. The van der Waals surface area contributed by atoms with Gasteiger partial charge in [0.25, 0.3) is 0 Å². The van der Waals surface area contributed by atoms with Crippen LogP contribution in [-0.4, -0.2) is 19.2 Å². The molecule has 2 nitrogen and oxygen atoms in total. The standard InChI is InChI=1S/C14H20ClNO/c1-10-3-6-13(15)14(9-10)17-8-7-16-11(2)12-4-5-12/h3,6,9,11-12,16H,4-5,7-8H2,1-2H3. The van der Waals surface area contributed by atoms with Gasteiger partial charge in [-0.2, -0.15) is 0 Å². The molecule has 0 saturated heterocycles. The van der Waals surface area contributed by atoms with Crippen LogP contribution in [0.5, 0.6) is 5.75 Å². The largest absolute Gasteiger partial charge is 0.491 e. The summed E-state index contributed by atoms with van der Waals surface area (Å²) in [4.78, 5) is 0. The minimum absolute atomic E-state index is 0.617. The lowest BCUT2D eigenvalue weighted by molar-refractivity contribution is 0.303. The van der Waals surface area contributed by atoms with Gasteiger partial charge in [-0.05, 0) is 50.3 Å². The lowest BCUT2D eigenvalue weighted by atomic mass is 10.2. The first kappa shape index (κ1) is 12.7. The SMILES string of the molecule is Cc1ccc(Cl)c(OCCNC(C)C2CC2)c1. The summed E-state index contributed by atoms with van der Waals surface area (Å²) in [5.41, 5.74) is 1.17. The predicted molar refractivity (Wildman–Crippen MR) is 71.9 cm³/mol. The minimum Gasteiger partial charge on any atom is -0.491 e. The van der Waals surface area contributed by atoms with Crippen LogP contribution in [0.25, 0.3) is 0 Å². The second-order valence-electron chi connectivity index (χ2n) is 4.86. The number of hydrogen-bond donors (Lipinski definition) is 1. The molecule has 0 aliphatic heterocycles. The Labute approximate surface area is 108 Å². The first-order valence-corrected chi connectivity index (χ1v) is 6.67. The van der Waals surface area contributed by atoms with Crippen LogP contribution >= 0.6 is 11.6 Å². The smallest absolute Gasteiger partial charge is 0.138 e. The quantitative estimate of drug-likeness (QED) is 0.785. The van der Waals surface area contributed by atoms with Crippen molar-refractivity contribution in [2.24, 2.45) is 5.92 Å². The summed E-state index contributed by atoms with van der Waals surface area (Å²) >= 11 is 6.05. The second kappa shape index (κ2) is 5.74. The van der Waals surface area contributed by atoms with E-state index in [0.29, 0.717) is 17.7 Å². The zero-order valence-corrected chi connectivity index (χ0v) is 11.3. The number of rotatable bonds is 6. The molecule has 0 heterocycles. The fourth-order valence-corrected chi connectivity index (χ4v) is 2.10. The van der Waals surface area contributed by atoms with Crippen LogP contribution in [0.2, 0.25) is 5.02 Å². The number of hydrogen-bond acceptors (Lipinski definition) is 2. The van der Waals surface area contributed by atoms with Crippen molar-refractivity contribution in [2.45, 2.75) is 32.7 Å². The molecule has 0 aromatic heterocycles. The first-order chi connectivity index (χ1) is 8.16. The Morgan fingerprint density at radius 1 is 1.47 bits per heavy atom. The van der Waals surface area contributed by atoms with E-state index >= 15 is 0 Å². The lowest BCUT2D eigenvalue weighted by Crippen LogP contribution is -2.31. The maximum absolute atomic E-state index is 6.05. The van der Waals surface area contributed by atoms with Crippen LogP contribution < -0.4 is 10.1 Å². The van der Waals surface area contributed by atoms with Gasteiger partial charge in [-0.15, -0.1) is 0 Å². The van der Waals surface area contributed by atoms with E-state index < -0.39 is 0 Å². The average molecular weight is 254 g/mol. The van der Waals surface area contributed by atoms with E-state index in [2.05, 4.69) is 12.2 Å². The molecule has 1 fully saturated rings. The Morgan fingerprint density at radius 3 is 2.94 bits per heavy atom. The Hall–Kier alpha value is -0.730. The van der Waals surface area contributed by atoms with Crippen LogP contribution in [0.4, 0.5) is 0 Å². The zero-order chi connectivity index (χ0) is 12.3. The van der Waals surface area contributed by atoms with Crippen LogP contribution in [-0.2, 0) is 0 Å². The van der Waals surface area contributed by atoms with E-state index in [9.17, 15) is 0 Å². The van der Waals surface area contributed by atoms with E-state index in [1.165, 1.54) is 18.4 Å². The Morgan fingerprint density at radius 2 is 2.24 bits per heavy atom. The number of aryl methyl sites for hydroxylation is 1. The third-order valence-corrected chi connectivity index (χ3v) is 3.55. The van der Waals surface area contributed by atoms with E-state index in [4.69, 9.17) is 16.3 Å². The molecule has 1 aliphatic carbocycles. The average Bonchev–Trinajstić information content (AvgIpc) is 3.12. The van der Waals surface area contributed by atoms with E-state index in [1.807, 2.05) is 25.1 Å². The topological polar surface area (TPSA) is 21.3 Å². The summed E-state index contributed by atoms with van der Waals surface area (Å²) in [6.07, 6.45) is 2.75. The summed E-state index contributed by atoms with van der Waals surface area (Å²) in [6, 6.07) is 6.47. The van der Waals surface area contributed by atoms with Gasteiger partial charge in [-0.3, -0.25) is 0 Å². The van der Waals surface area contributed by atoms with Crippen molar-refractivity contribution in [3.63, 3.8) is 0 Å². The van der Waals surface area contributed by atoms with Gasteiger partial charge < -0.3 is 10.1 Å². The lowest BCUT2D eigenvalue weighted by Gasteiger charge is -2.13. The van der Waals surface area contributed by atoms with Gasteiger partial charge in [-0.1, -0.05) is 17.7 Å². The van der Waals surface area contributed by atoms with Gasteiger partial charge in [0.1, 0.15) is 12.4 Å². The van der Waals surface area contributed by atoms with Crippen molar-refractivity contribution < 1.29 is 4.74 Å². The molecule has 1 N–H and O–H groups in total. The van der Waals surface area contributed by atoms with Crippen molar-refractivity contribution in [2.75, 3.05) is 13.2 Å². The molecule has 0 spiro atoms. The van der Waals surface area contributed by atoms with Gasteiger partial charge in [0, 0.05) is 12.6 Å². The highest BCUT2D eigenvalue weighted by molar-refractivity contribution is 6.32. The van der Waals surface area contributed by atoms with Gasteiger partial charge in [-0.25, -0.2) is 0 Å². The molecule has 1 unspecified atom stereocenters. The second-order valence-corrected chi connectivity index (χ2v) is 5.27. The van der Waals surface area contributed by atoms with Crippen molar-refractivity contribution in [1.82, 2.24) is 5.32 Å². The molecule has 1 atom stereocenters. The van der Waals surface area contributed by atoms with Gasteiger partial charge in [0.05, 0.1) is 5.02 Å². The number of halogens is 1. The Kier molecular flexibility index (Phi) is 4.30. The third-order valence-electron chi connectivity index (χ3n) is 3.24. The van der Waals surface area contributed by atoms with Crippen molar-refractivity contribution in [3.05, 3.63) is 28.8 Å². The van der Waals surface area contributed by atoms with Crippen molar-refractivity contribution in [3.8, 4) is 5.75 Å². The molecule has 0 amide bonds. The van der Waals surface area contributed by atoms with Gasteiger partial charge in [0.15, 0.2) is 0 Å². The highest BCUT2D eigenvalue weighted by atomic mass is 35.5. The third kappa shape index (κ3) is 3.90. The highest BCUT2D eigenvalue weighted by Crippen LogP contribution is 2.32. The monoisotopic (exact) mass is 253 g/mol. The van der Waals surface area contributed by atoms with Crippen molar-refractivity contribution in [1.29, 1.82) is 0 Å². The molecule has 1 aliphatic rings. The van der Waals surface area contributed by atoms with Crippen LogP contribution in [0.3, 0.4) is 0 Å². The molecule has 0 radical (unpaired) electrons. The zero-order valence-electron chi connectivity index (χ0n) is 10.5. The minimum atomic E-state index is 0.617. The molecule has 1 saturated carbocycles. The fraction of sp³-hybridized carbons (Fsp3) is 0.571. The molecule has 17 heavy (non-hydrogen) atoms. The van der Waals surface area contributed by atoms with Crippen LogP contribution in [0.1, 0.15) is 25.3 Å². The van der Waals surface area contributed by atoms with E-state index in [0.717, 1.165) is 18.2 Å². The summed E-state index contributed by atoms with van der Waals surface area (Å²) in [7, 11) is 0. The number of ether oxygens (including phenoxy) is 1. The predicted octanol–water partition coefficient (Wildman–Crippen LogP) is 3.42. The Bertz CT molecular complexity index is 376. The molecule has 94 valence electrons. The van der Waals surface area contributed by atoms with Crippen LogP contribution in [0.15, 0.2) is 18.2 Å². The number of nitrogens with one attached hydrogen (secondary N) is 1. The van der Waals surface area contributed by atoms with E-state index in [1.54, 1.807) is 0 Å². The maximum atomic E-state index is 6.05. The van der Waals surface area contributed by atoms with Crippen LogP contribution in [0, 0.1) is 12.8 Å². The molecule has 2 rings (SSSR count). The summed E-state index contributed by atoms with van der Waals surface area (Å²) < 4.78 is 5.67. The van der Waals surface area contributed by atoms with Crippen molar-refractivity contribution >= 4 is 11.6 Å². The maximum Gasteiger partial charge on any atom is 0.138 e. The van der Waals surface area contributed by atoms with Gasteiger partial charge in [0.2, 0.25) is 0 Å². The molecule has 0 bridgehead atoms. The fourth-order valence-electron chi connectivity index (χ4n) is 1.93. The van der Waals surface area contributed by atoms with E-state index in [-0.39, 0.29) is 0 Å². The molecular weight excluding hydrogens is 234 g/mol. The molecule has 3 heteroatoms. The van der Waals surface area contributed by atoms with Gasteiger partial charge >= 0.3 is 0 Å². The summed E-state index contributed by atoms with van der Waals surface area (Å²) in [5.74, 6) is 1.67.